The molecule has 0 bridgehead atoms. The number of rotatable bonds is 20. The minimum atomic E-state index is -0.496. The van der Waals surface area contributed by atoms with E-state index >= 15 is 0 Å². The Labute approximate surface area is 383 Å². The average Bonchev–Trinajstić information content (AvgIpc) is 3.38. The molecular formula is C56H46N2O8. The number of hydrogen-bond donors (Lipinski definition) is 0. The molecule has 0 aliphatic rings. The molecule has 0 heterocycles. The van der Waals surface area contributed by atoms with Crippen molar-refractivity contribution in [3.63, 3.8) is 0 Å². The Hall–Kier alpha value is -8.50. The van der Waals surface area contributed by atoms with E-state index in [2.05, 4.69) is 10.2 Å². The minimum absolute atomic E-state index is 0.0104. The van der Waals surface area contributed by atoms with Crippen molar-refractivity contribution >= 4 is 23.3 Å². The van der Waals surface area contributed by atoms with Crippen molar-refractivity contribution in [1.82, 2.24) is 0 Å². The zero-order valence-corrected chi connectivity index (χ0v) is 36.0. The Morgan fingerprint density at radius 2 is 0.576 bits per heavy atom. The van der Waals surface area contributed by atoms with Gasteiger partial charge in [-0.2, -0.15) is 10.2 Å². The van der Waals surface area contributed by atoms with Crippen molar-refractivity contribution in [2.45, 2.75) is 39.6 Å². The van der Waals surface area contributed by atoms with Crippen molar-refractivity contribution in [2.24, 2.45) is 10.2 Å². The first-order valence-electron chi connectivity index (χ1n) is 21.4. The number of carbonyl (C=O) groups excluding carboxylic acids is 2. The van der Waals surface area contributed by atoms with Gasteiger partial charge in [0.2, 0.25) is 0 Å². The van der Waals surface area contributed by atoms with Crippen LogP contribution in [0.25, 0.3) is 0 Å². The summed E-state index contributed by atoms with van der Waals surface area (Å²) in [5, 5.41) is 8.62. The maximum absolute atomic E-state index is 13.1. The summed E-state index contributed by atoms with van der Waals surface area (Å²) in [6.45, 7) is 1.53. The largest absolute Gasteiger partial charge is 0.489 e. The lowest BCUT2D eigenvalue weighted by Gasteiger charge is -2.13. The minimum Gasteiger partial charge on any atom is -0.489 e. The molecule has 0 amide bonds. The van der Waals surface area contributed by atoms with Crippen molar-refractivity contribution in [2.75, 3.05) is 0 Å². The Kier molecular flexibility index (Phi) is 15.2. The van der Waals surface area contributed by atoms with Crippen LogP contribution in [0.2, 0.25) is 0 Å². The number of benzene rings is 8. The monoisotopic (exact) mass is 874 g/mol. The van der Waals surface area contributed by atoms with Gasteiger partial charge >= 0.3 is 11.9 Å². The van der Waals surface area contributed by atoms with Crippen LogP contribution in [0, 0.1) is 0 Å². The normalized spacial score (nSPS) is 10.8. The van der Waals surface area contributed by atoms with Crippen LogP contribution in [0.4, 0.5) is 11.4 Å². The number of azo groups is 1. The molecule has 0 radical (unpaired) electrons. The van der Waals surface area contributed by atoms with E-state index in [1.165, 1.54) is 0 Å². The summed E-state index contributed by atoms with van der Waals surface area (Å²) in [6, 6.07) is 63.8. The van der Waals surface area contributed by atoms with Gasteiger partial charge in [0.05, 0.1) is 22.5 Å². The van der Waals surface area contributed by atoms with Crippen LogP contribution < -0.4 is 18.9 Å². The van der Waals surface area contributed by atoms with E-state index in [1.54, 1.807) is 48.5 Å². The highest BCUT2D eigenvalue weighted by atomic mass is 16.5. The first-order valence-corrected chi connectivity index (χ1v) is 21.4. The number of esters is 2. The zero-order valence-electron chi connectivity index (χ0n) is 36.0. The lowest BCUT2D eigenvalue weighted by Crippen LogP contribution is -2.06. The molecule has 10 heteroatoms. The van der Waals surface area contributed by atoms with Crippen molar-refractivity contribution < 1.29 is 38.0 Å². The van der Waals surface area contributed by atoms with E-state index < -0.39 is 11.9 Å². The van der Waals surface area contributed by atoms with Crippen molar-refractivity contribution in [3.05, 3.63) is 251 Å². The Morgan fingerprint density at radius 3 is 0.848 bits per heavy atom. The van der Waals surface area contributed by atoms with E-state index in [0.717, 1.165) is 33.4 Å². The van der Waals surface area contributed by atoms with Gasteiger partial charge in [0.15, 0.2) is 0 Å². The summed E-state index contributed by atoms with van der Waals surface area (Å²) >= 11 is 0. The topological polar surface area (TPSA) is 114 Å². The Balaban J connectivity index is 0.839. The van der Waals surface area contributed by atoms with E-state index in [1.807, 2.05) is 158 Å². The fourth-order valence-electron chi connectivity index (χ4n) is 6.63. The first kappa shape index (κ1) is 44.1. The third kappa shape index (κ3) is 13.5. The summed E-state index contributed by atoms with van der Waals surface area (Å²) in [7, 11) is 0. The molecule has 66 heavy (non-hydrogen) atoms. The van der Waals surface area contributed by atoms with E-state index in [-0.39, 0.29) is 13.2 Å². The summed E-state index contributed by atoms with van der Waals surface area (Å²) < 4.78 is 35.8. The quantitative estimate of drug-likeness (QED) is 0.0549. The summed E-state index contributed by atoms with van der Waals surface area (Å²) in [5.74, 6) is 1.41. The van der Waals surface area contributed by atoms with Crippen molar-refractivity contribution in [1.29, 1.82) is 0 Å². The number of carbonyl (C=O) groups is 2. The van der Waals surface area contributed by atoms with Crippen LogP contribution in [0.5, 0.6) is 23.0 Å². The first-order chi connectivity index (χ1) is 32.5. The van der Waals surface area contributed by atoms with Crippen LogP contribution in [-0.2, 0) is 49.1 Å². The molecule has 0 saturated carbocycles. The molecule has 8 aromatic carbocycles. The smallest absolute Gasteiger partial charge is 0.338 e. The molecule has 0 atom stereocenters. The molecule has 0 aliphatic heterocycles. The van der Waals surface area contributed by atoms with Gasteiger partial charge in [0.1, 0.15) is 62.6 Å². The molecule has 0 aromatic heterocycles. The van der Waals surface area contributed by atoms with Gasteiger partial charge in [0.25, 0.3) is 0 Å². The number of ether oxygens (including phenoxy) is 6. The average molecular weight is 875 g/mol. The predicted molar refractivity (Wildman–Crippen MR) is 251 cm³/mol. The van der Waals surface area contributed by atoms with Crippen LogP contribution in [0.15, 0.2) is 216 Å². The van der Waals surface area contributed by atoms with Gasteiger partial charge in [0, 0.05) is 12.1 Å². The van der Waals surface area contributed by atoms with Crippen LogP contribution in [0.1, 0.15) is 54.1 Å². The number of nitrogens with zero attached hydrogens (tertiary/aromatic N) is 2. The summed E-state index contributed by atoms with van der Waals surface area (Å²) in [4.78, 5) is 26.2. The summed E-state index contributed by atoms with van der Waals surface area (Å²) in [6.07, 6.45) is 0. The number of hydrogen-bond acceptors (Lipinski definition) is 10. The molecule has 0 N–H and O–H groups in total. The van der Waals surface area contributed by atoms with Gasteiger partial charge in [-0.25, -0.2) is 9.59 Å². The molecular weight excluding hydrogens is 829 g/mol. The zero-order chi connectivity index (χ0) is 45.2. The molecule has 0 aliphatic carbocycles. The highest BCUT2D eigenvalue weighted by Gasteiger charge is 2.13. The van der Waals surface area contributed by atoms with Gasteiger partial charge in [-0.15, -0.1) is 0 Å². The molecule has 0 spiro atoms. The molecule has 8 aromatic rings. The Bertz CT molecular complexity index is 2500. The second-order valence-corrected chi connectivity index (χ2v) is 15.2. The molecule has 328 valence electrons. The highest BCUT2D eigenvalue weighted by molar-refractivity contribution is 5.90. The molecule has 10 nitrogen and oxygen atoms in total. The lowest BCUT2D eigenvalue weighted by atomic mass is 10.2. The highest BCUT2D eigenvalue weighted by Crippen LogP contribution is 2.28. The second kappa shape index (κ2) is 22.7. The standard InChI is InChI=1S/C56H46N2O8/c59-55(65-39-45-29-51(61-35-41-13-5-1-6-14-41)33-52(30-45)62-36-42-15-7-2-8-16-42)47-21-25-49(26-22-47)57-58-50-27-23-48(24-28-50)56(60)66-40-46-31-53(63-37-43-17-9-3-10-18-43)34-54(32-46)64-38-44-19-11-4-12-20-44/h1-34H,35-40H2. The van der Waals surface area contributed by atoms with Gasteiger partial charge in [-0.05, 0) is 106 Å². The van der Waals surface area contributed by atoms with Crippen LogP contribution in [0.3, 0.4) is 0 Å². The van der Waals surface area contributed by atoms with Gasteiger partial charge in [-0.3, -0.25) is 0 Å². The van der Waals surface area contributed by atoms with Crippen molar-refractivity contribution in [3.8, 4) is 23.0 Å². The van der Waals surface area contributed by atoms with Crippen LogP contribution >= 0.6 is 0 Å². The van der Waals surface area contributed by atoms with Gasteiger partial charge in [-0.1, -0.05) is 121 Å². The predicted octanol–water partition coefficient (Wildman–Crippen LogP) is 13.1. The fraction of sp³-hybridized carbons (Fsp3) is 0.107. The van der Waals surface area contributed by atoms with Gasteiger partial charge < -0.3 is 28.4 Å². The maximum Gasteiger partial charge on any atom is 0.338 e. The SMILES string of the molecule is O=C(OCc1cc(OCc2ccccc2)cc(OCc2ccccc2)c1)c1ccc(N=Nc2ccc(C(=O)OCc3cc(OCc4ccccc4)cc(OCc4ccccc4)c3)cc2)cc1. The third-order valence-electron chi connectivity index (χ3n) is 10.1. The third-order valence-corrected chi connectivity index (χ3v) is 10.1. The fourth-order valence-corrected chi connectivity index (χ4v) is 6.63. The lowest BCUT2D eigenvalue weighted by molar-refractivity contribution is 0.0463. The molecule has 0 fully saturated rings. The second-order valence-electron chi connectivity index (χ2n) is 15.2. The van der Waals surface area contributed by atoms with E-state index in [9.17, 15) is 9.59 Å². The summed E-state index contributed by atoms with van der Waals surface area (Å²) in [5.41, 5.74) is 7.32. The van der Waals surface area contributed by atoms with E-state index in [4.69, 9.17) is 28.4 Å². The molecule has 8 rings (SSSR count). The molecule has 0 unspecified atom stereocenters. The maximum atomic E-state index is 13.1. The van der Waals surface area contributed by atoms with E-state index in [0.29, 0.717) is 71.9 Å². The Morgan fingerprint density at radius 1 is 0.303 bits per heavy atom. The molecule has 0 saturated heterocycles. The van der Waals surface area contributed by atoms with Crippen LogP contribution in [-0.4, -0.2) is 11.9 Å².